The van der Waals surface area contributed by atoms with Gasteiger partial charge in [0.15, 0.2) is 11.5 Å². The number of benzene rings is 2. The van der Waals surface area contributed by atoms with Gasteiger partial charge in [0.25, 0.3) is 0 Å². The van der Waals surface area contributed by atoms with Gasteiger partial charge in [-0.25, -0.2) is 8.42 Å². The van der Waals surface area contributed by atoms with Crippen LogP contribution in [-0.2, 0) is 21.2 Å². The van der Waals surface area contributed by atoms with E-state index in [0.717, 1.165) is 5.56 Å². The van der Waals surface area contributed by atoms with Crippen molar-refractivity contribution in [1.82, 2.24) is 10.0 Å². The summed E-state index contributed by atoms with van der Waals surface area (Å²) in [4.78, 5) is 13.0. The normalized spacial score (nSPS) is 12.3. The Bertz CT molecular complexity index is 1020. The lowest BCUT2D eigenvalue weighted by atomic mass is 10.0. The fourth-order valence-electron chi connectivity index (χ4n) is 3.39. The third-order valence-electron chi connectivity index (χ3n) is 5.01. The second-order valence-corrected chi connectivity index (χ2v) is 9.88. The second-order valence-electron chi connectivity index (χ2n) is 8.17. The maximum absolute atomic E-state index is 12.9. The van der Waals surface area contributed by atoms with Gasteiger partial charge in [0, 0.05) is 6.54 Å². The van der Waals surface area contributed by atoms with Gasteiger partial charge in [0.05, 0.1) is 25.2 Å². The zero-order valence-corrected chi connectivity index (χ0v) is 21.4. The van der Waals surface area contributed by atoms with Gasteiger partial charge in [-0.3, -0.25) is 4.79 Å². The molecule has 188 valence electrons. The van der Waals surface area contributed by atoms with Crippen molar-refractivity contribution in [3.63, 3.8) is 0 Å². The summed E-state index contributed by atoms with van der Waals surface area (Å²) in [6, 6.07) is 10.8. The smallest absolute Gasteiger partial charge is 0.241 e. The Labute approximate surface area is 203 Å². The van der Waals surface area contributed by atoms with Crippen LogP contribution < -0.4 is 24.2 Å². The van der Waals surface area contributed by atoms with Gasteiger partial charge >= 0.3 is 0 Å². The lowest BCUT2D eigenvalue weighted by Crippen LogP contribution is -2.47. The summed E-state index contributed by atoms with van der Waals surface area (Å²) in [6.07, 6.45) is 0.941. The number of nitrogens with one attached hydrogen (secondary N) is 2. The summed E-state index contributed by atoms with van der Waals surface area (Å²) >= 11 is 0. The molecule has 34 heavy (non-hydrogen) atoms. The number of rotatable bonds is 14. The van der Waals surface area contributed by atoms with Crippen LogP contribution in [0.1, 0.15) is 39.7 Å². The summed E-state index contributed by atoms with van der Waals surface area (Å²) in [5.41, 5.74) is 0.978. The Hall–Kier alpha value is -2.78. The fourth-order valence-corrected chi connectivity index (χ4v) is 4.60. The minimum Gasteiger partial charge on any atom is -0.497 e. The van der Waals surface area contributed by atoms with Gasteiger partial charge in [-0.2, -0.15) is 4.72 Å². The van der Waals surface area contributed by atoms with E-state index >= 15 is 0 Å². The fraction of sp³-hybridized carbons (Fsp3) is 0.480. The van der Waals surface area contributed by atoms with E-state index < -0.39 is 16.1 Å². The lowest BCUT2D eigenvalue weighted by molar-refractivity contribution is -0.123. The molecule has 0 spiro atoms. The SMILES string of the molecule is CCOc1ccc(CCNC(=O)C(CC(C)C)NS(=O)(=O)c2ccc(OC)cc2)cc1OCC. The number of ether oxygens (including phenoxy) is 3. The summed E-state index contributed by atoms with van der Waals surface area (Å²) in [5, 5.41) is 2.86. The number of hydrogen-bond acceptors (Lipinski definition) is 6. The topological polar surface area (TPSA) is 103 Å². The molecule has 0 saturated heterocycles. The first kappa shape index (κ1) is 27.5. The van der Waals surface area contributed by atoms with Crippen LogP contribution in [0.15, 0.2) is 47.4 Å². The Morgan fingerprint density at radius 3 is 2.21 bits per heavy atom. The minimum absolute atomic E-state index is 0.0766. The first-order chi connectivity index (χ1) is 16.2. The highest BCUT2D eigenvalue weighted by atomic mass is 32.2. The van der Waals surface area contributed by atoms with Gasteiger partial charge in [-0.1, -0.05) is 19.9 Å². The molecule has 0 aliphatic carbocycles. The molecule has 0 aliphatic heterocycles. The highest BCUT2D eigenvalue weighted by molar-refractivity contribution is 7.89. The van der Waals surface area contributed by atoms with Crippen molar-refractivity contribution in [3.8, 4) is 17.2 Å². The molecule has 1 atom stereocenters. The highest BCUT2D eigenvalue weighted by Gasteiger charge is 2.26. The molecule has 0 bridgehead atoms. The molecule has 0 fully saturated rings. The first-order valence-electron chi connectivity index (χ1n) is 11.5. The van der Waals surface area contributed by atoms with Gasteiger partial charge in [-0.05, 0) is 74.6 Å². The maximum Gasteiger partial charge on any atom is 0.241 e. The number of hydrogen-bond donors (Lipinski definition) is 2. The van der Waals surface area contributed by atoms with Crippen LogP contribution in [0.25, 0.3) is 0 Å². The summed E-state index contributed by atoms with van der Waals surface area (Å²) in [5.74, 6) is 1.66. The molecule has 1 unspecified atom stereocenters. The van der Waals surface area contributed by atoms with Crippen LogP contribution in [0.3, 0.4) is 0 Å². The van der Waals surface area contributed by atoms with Crippen LogP contribution in [0.2, 0.25) is 0 Å². The molecule has 0 saturated carbocycles. The molecule has 2 rings (SSSR count). The standard InChI is InChI=1S/C25H36N2O6S/c1-6-32-23-13-8-19(17-24(23)33-7-2)14-15-26-25(28)22(16-18(3)4)27-34(29,30)21-11-9-20(31-5)10-12-21/h8-13,17-18,22,27H,6-7,14-16H2,1-5H3,(H,26,28). The molecule has 9 heteroatoms. The molecule has 0 radical (unpaired) electrons. The Balaban J connectivity index is 2.04. The van der Waals surface area contributed by atoms with E-state index in [1.54, 1.807) is 12.1 Å². The van der Waals surface area contributed by atoms with Crippen molar-refractivity contribution < 1.29 is 27.4 Å². The second kappa shape index (κ2) is 13.2. The molecular weight excluding hydrogens is 456 g/mol. The predicted molar refractivity (Wildman–Crippen MR) is 132 cm³/mol. The summed E-state index contributed by atoms with van der Waals surface area (Å²) < 4.78 is 44.6. The average Bonchev–Trinajstić information content (AvgIpc) is 2.80. The van der Waals surface area contributed by atoms with Crippen molar-refractivity contribution in [1.29, 1.82) is 0 Å². The van der Waals surface area contributed by atoms with Crippen molar-refractivity contribution >= 4 is 15.9 Å². The molecule has 2 aromatic carbocycles. The van der Waals surface area contributed by atoms with Crippen molar-refractivity contribution in [2.75, 3.05) is 26.9 Å². The minimum atomic E-state index is -3.87. The molecule has 1 amide bonds. The Kier molecular flexibility index (Phi) is 10.7. The van der Waals surface area contributed by atoms with E-state index in [1.807, 2.05) is 45.9 Å². The van der Waals surface area contributed by atoms with E-state index in [4.69, 9.17) is 14.2 Å². The number of amides is 1. The van der Waals surface area contributed by atoms with E-state index in [1.165, 1.54) is 19.2 Å². The van der Waals surface area contributed by atoms with E-state index in [-0.39, 0.29) is 16.7 Å². The van der Waals surface area contributed by atoms with Crippen LogP contribution in [-0.4, -0.2) is 47.2 Å². The van der Waals surface area contributed by atoms with Crippen molar-refractivity contribution in [2.45, 2.75) is 51.5 Å². The summed E-state index contributed by atoms with van der Waals surface area (Å²) in [6.45, 7) is 9.12. The van der Waals surface area contributed by atoms with Crippen LogP contribution >= 0.6 is 0 Å². The predicted octanol–water partition coefficient (Wildman–Crippen LogP) is 3.54. The number of carbonyl (C=O) groups excluding carboxylic acids is 1. The van der Waals surface area contributed by atoms with E-state index in [9.17, 15) is 13.2 Å². The number of methoxy groups -OCH3 is 1. The third kappa shape index (κ3) is 8.22. The molecule has 2 N–H and O–H groups in total. The van der Waals surface area contributed by atoms with Gasteiger partial charge in [0.2, 0.25) is 15.9 Å². The summed E-state index contributed by atoms with van der Waals surface area (Å²) in [7, 11) is -2.36. The average molecular weight is 493 g/mol. The quantitative estimate of drug-likeness (QED) is 0.418. The number of carbonyl (C=O) groups is 1. The van der Waals surface area contributed by atoms with E-state index in [0.29, 0.717) is 49.8 Å². The van der Waals surface area contributed by atoms with Gasteiger partial charge < -0.3 is 19.5 Å². The Morgan fingerprint density at radius 1 is 0.971 bits per heavy atom. The zero-order valence-electron chi connectivity index (χ0n) is 20.6. The number of sulfonamides is 1. The van der Waals surface area contributed by atoms with Gasteiger partial charge in [0.1, 0.15) is 11.8 Å². The molecule has 2 aromatic rings. The lowest BCUT2D eigenvalue weighted by Gasteiger charge is -2.20. The van der Waals surface area contributed by atoms with E-state index in [2.05, 4.69) is 10.0 Å². The molecule has 8 nitrogen and oxygen atoms in total. The van der Waals surface area contributed by atoms with Crippen LogP contribution in [0, 0.1) is 5.92 Å². The monoisotopic (exact) mass is 492 g/mol. The maximum atomic E-state index is 12.9. The van der Waals surface area contributed by atoms with Gasteiger partial charge in [-0.15, -0.1) is 0 Å². The third-order valence-corrected chi connectivity index (χ3v) is 6.50. The zero-order chi connectivity index (χ0) is 25.1. The van der Waals surface area contributed by atoms with Crippen LogP contribution in [0.5, 0.6) is 17.2 Å². The largest absolute Gasteiger partial charge is 0.497 e. The van der Waals surface area contributed by atoms with Crippen LogP contribution in [0.4, 0.5) is 0 Å². The Morgan fingerprint density at radius 2 is 1.62 bits per heavy atom. The highest BCUT2D eigenvalue weighted by Crippen LogP contribution is 2.28. The molecule has 0 aliphatic rings. The van der Waals surface area contributed by atoms with Crippen molar-refractivity contribution in [3.05, 3.63) is 48.0 Å². The first-order valence-corrected chi connectivity index (χ1v) is 13.0. The van der Waals surface area contributed by atoms with Crippen molar-refractivity contribution in [2.24, 2.45) is 5.92 Å². The molecule has 0 aromatic heterocycles. The molecule has 0 heterocycles. The molecular formula is C25H36N2O6S.